The van der Waals surface area contributed by atoms with Gasteiger partial charge in [-0.1, -0.05) is 70.1 Å². The molecule has 0 radical (unpaired) electrons. The average Bonchev–Trinajstić information content (AvgIpc) is 2.92. The zero-order valence-electron chi connectivity index (χ0n) is 23.6. The molecule has 2 saturated carbocycles. The molecule has 6 nitrogen and oxygen atoms in total. The Bertz CT molecular complexity index is 726. The van der Waals surface area contributed by atoms with Crippen molar-refractivity contribution in [2.45, 2.75) is 97.8 Å². The Labute approximate surface area is 224 Å². The van der Waals surface area contributed by atoms with Gasteiger partial charge in [0.25, 0.3) is 0 Å². The molecule has 2 aliphatic carbocycles. The number of carbonyl (C=O) groups excluding carboxylic acids is 2. The van der Waals surface area contributed by atoms with Crippen LogP contribution in [-0.4, -0.2) is 48.6 Å². The standard InChI is InChI=1S/C31H52O6/c1-5-6-7-8-24-9-11-25(12-10-24)13-14-26-15-17-27(18-16-26)28(20-36-29(34)23(2)19-32)21-37-30(35)31(3,4)22-33/h5-6,24-28,32-33H,2,7-22H2,1,3-4H3/b6-5+. The molecule has 0 aromatic carbocycles. The Morgan fingerprint density at radius 1 is 0.892 bits per heavy atom. The van der Waals surface area contributed by atoms with Crippen LogP contribution in [0.1, 0.15) is 97.8 Å². The number of aliphatic hydroxyl groups excluding tert-OH is 2. The van der Waals surface area contributed by atoms with E-state index in [0.29, 0.717) is 5.92 Å². The summed E-state index contributed by atoms with van der Waals surface area (Å²) in [5, 5.41) is 18.6. The molecule has 1 atom stereocenters. The van der Waals surface area contributed by atoms with Crippen molar-refractivity contribution >= 4 is 11.9 Å². The normalized spacial score (nSPS) is 25.5. The summed E-state index contributed by atoms with van der Waals surface area (Å²) >= 11 is 0. The molecule has 0 spiro atoms. The van der Waals surface area contributed by atoms with Crippen molar-refractivity contribution in [3.05, 3.63) is 24.3 Å². The molecular weight excluding hydrogens is 468 g/mol. The number of aliphatic hydroxyl groups is 2. The zero-order valence-corrected chi connectivity index (χ0v) is 23.6. The van der Waals surface area contributed by atoms with Crippen molar-refractivity contribution in [2.24, 2.45) is 35.0 Å². The molecule has 2 aliphatic rings. The Kier molecular flexibility index (Phi) is 13.9. The zero-order chi connectivity index (χ0) is 27.3. The number of hydrogen-bond donors (Lipinski definition) is 2. The summed E-state index contributed by atoms with van der Waals surface area (Å²) < 4.78 is 11.0. The number of hydrogen-bond acceptors (Lipinski definition) is 6. The molecule has 0 heterocycles. The summed E-state index contributed by atoms with van der Waals surface area (Å²) in [4.78, 5) is 24.5. The van der Waals surface area contributed by atoms with Crippen LogP contribution in [0.3, 0.4) is 0 Å². The molecule has 6 heteroatoms. The summed E-state index contributed by atoms with van der Waals surface area (Å²) in [6.07, 6.45) is 19.6. The van der Waals surface area contributed by atoms with E-state index in [1.807, 2.05) is 0 Å². The highest BCUT2D eigenvalue weighted by Gasteiger charge is 2.33. The van der Waals surface area contributed by atoms with Gasteiger partial charge >= 0.3 is 11.9 Å². The van der Waals surface area contributed by atoms with E-state index in [1.165, 1.54) is 51.4 Å². The molecule has 0 aromatic heterocycles. The van der Waals surface area contributed by atoms with E-state index in [1.54, 1.807) is 13.8 Å². The molecule has 37 heavy (non-hydrogen) atoms. The molecule has 0 bridgehead atoms. The second-order valence-corrected chi connectivity index (χ2v) is 12.2. The molecular formula is C31H52O6. The van der Waals surface area contributed by atoms with Gasteiger partial charge in [0.15, 0.2) is 0 Å². The van der Waals surface area contributed by atoms with Gasteiger partial charge in [0.2, 0.25) is 0 Å². The van der Waals surface area contributed by atoms with Crippen LogP contribution in [0.2, 0.25) is 0 Å². The first-order valence-corrected chi connectivity index (χ1v) is 14.5. The van der Waals surface area contributed by atoms with Crippen LogP contribution in [0.25, 0.3) is 0 Å². The van der Waals surface area contributed by atoms with E-state index < -0.39 is 24.0 Å². The lowest BCUT2D eigenvalue weighted by Crippen LogP contribution is -2.35. The van der Waals surface area contributed by atoms with Crippen molar-refractivity contribution in [3.63, 3.8) is 0 Å². The first-order valence-electron chi connectivity index (χ1n) is 14.5. The van der Waals surface area contributed by atoms with Gasteiger partial charge in [0.1, 0.15) is 0 Å². The smallest absolute Gasteiger partial charge is 0.335 e. The Morgan fingerprint density at radius 2 is 1.41 bits per heavy atom. The Balaban J connectivity index is 1.79. The van der Waals surface area contributed by atoms with Gasteiger partial charge in [-0.3, -0.25) is 4.79 Å². The largest absolute Gasteiger partial charge is 0.465 e. The maximum Gasteiger partial charge on any atom is 0.335 e. The topological polar surface area (TPSA) is 93.1 Å². The van der Waals surface area contributed by atoms with Crippen LogP contribution >= 0.6 is 0 Å². The van der Waals surface area contributed by atoms with E-state index >= 15 is 0 Å². The van der Waals surface area contributed by atoms with Crippen LogP contribution in [0.4, 0.5) is 0 Å². The predicted octanol–water partition coefficient (Wildman–Crippen LogP) is 6.01. The molecule has 212 valence electrons. The summed E-state index contributed by atoms with van der Waals surface area (Å²) in [6, 6.07) is 0. The third-order valence-corrected chi connectivity index (χ3v) is 8.77. The molecule has 0 aliphatic heterocycles. The van der Waals surface area contributed by atoms with Gasteiger partial charge < -0.3 is 19.7 Å². The van der Waals surface area contributed by atoms with Gasteiger partial charge in [0, 0.05) is 5.92 Å². The molecule has 2 fully saturated rings. The maximum absolute atomic E-state index is 12.4. The summed E-state index contributed by atoms with van der Waals surface area (Å²) in [5.74, 6) is 1.70. The Morgan fingerprint density at radius 3 is 1.92 bits per heavy atom. The first-order chi connectivity index (χ1) is 17.7. The van der Waals surface area contributed by atoms with E-state index in [2.05, 4.69) is 25.7 Å². The second-order valence-electron chi connectivity index (χ2n) is 12.2. The monoisotopic (exact) mass is 520 g/mol. The highest BCUT2D eigenvalue weighted by Crippen LogP contribution is 2.39. The van der Waals surface area contributed by atoms with Crippen molar-refractivity contribution in [3.8, 4) is 0 Å². The minimum atomic E-state index is -0.963. The second kappa shape index (κ2) is 16.3. The Hall–Kier alpha value is -1.66. The fourth-order valence-corrected chi connectivity index (χ4v) is 5.84. The first kappa shape index (κ1) is 31.6. The quantitative estimate of drug-likeness (QED) is 0.156. The van der Waals surface area contributed by atoms with Gasteiger partial charge in [-0.05, 0) is 70.1 Å². The summed E-state index contributed by atoms with van der Waals surface area (Å²) in [7, 11) is 0. The highest BCUT2D eigenvalue weighted by molar-refractivity contribution is 5.87. The van der Waals surface area contributed by atoms with Gasteiger partial charge in [-0.25, -0.2) is 4.79 Å². The fourth-order valence-electron chi connectivity index (χ4n) is 5.84. The predicted molar refractivity (Wildman–Crippen MR) is 147 cm³/mol. The van der Waals surface area contributed by atoms with Crippen molar-refractivity contribution in [1.29, 1.82) is 0 Å². The average molecular weight is 521 g/mol. The molecule has 2 N–H and O–H groups in total. The third kappa shape index (κ3) is 10.9. The minimum Gasteiger partial charge on any atom is -0.465 e. The van der Waals surface area contributed by atoms with Gasteiger partial charge in [-0.2, -0.15) is 0 Å². The summed E-state index contributed by atoms with van der Waals surface area (Å²) in [5.41, 5.74) is -0.942. The van der Waals surface area contributed by atoms with Crippen molar-refractivity contribution in [2.75, 3.05) is 26.4 Å². The molecule has 1 unspecified atom stereocenters. The fraction of sp³-hybridized carbons (Fsp3) is 0.806. The third-order valence-electron chi connectivity index (χ3n) is 8.77. The van der Waals surface area contributed by atoms with Gasteiger partial charge in [0.05, 0.1) is 37.4 Å². The van der Waals surface area contributed by atoms with E-state index in [9.17, 15) is 14.7 Å². The van der Waals surface area contributed by atoms with Crippen LogP contribution in [0, 0.1) is 35.0 Å². The lowest BCUT2D eigenvalue weighted by molar-refractivity contribution is -0.159. The number of esters is 2. The lowest BCUT2D eigenvalue weighted by Gasteiger charge is -2.35. The SMILES string of the molecule is C=C(CO)C(=O)OCC(COC(=O)C(C)(C)CO)C1CCC(CCC2CCC(CC/C=C/C)CC2)CC1. The van der Waals surface area contributed by atoms with E-state index in [-0.39, 0.29) is 31.3 Å². The minimum absolute atomic E-state index is 0.0210. The molecule has 0 amide bonds. The number of rotatable bonds is 15. The number of ether oxygens (including phenoxy) is 2. The van der Waals surface area contributed by atoms with Crippen molar-refractivity contribution < 1.29 is 29.3 Å². The lowest BCUT2D eigenvalue weighted by atomic mass is 9.72. The van der Waals surface area contributed by atoms with Crippen LogP contribution in [0.5, 0.6) is 0 Å². The van der Waals surface area contributed by atoms with Crippen molar-refractivity contribution in [1.82, 2.24) is 0 Å². The number of allylic oxidation sites excluding steroid dienone is 2. The van der Waals surface area contributed by atoms with E-state index in [0.717, 1.165) is 43.4 Å². The molecule has 2 rings (SSSR count). The molecule has 0 saturated heterocycles. The van der Waals surface area contributed by atoms with Crippen LogP contribution in [0.15, 0.2) is 24.3 Å². The maximum atomic E-state index is 12.4. The van der Waals surface area contributed by atoms with Gasteiger partial charge in [-0.15, -0.1) is 0 Å². The number of carbonyl (C=O) groups is 2. The molecule has 0 aromatic rings. The van der Waals surface area contributed by atoms with E-state index in [4.69, 9.17) is 14.6 Å². The van der Waals surface area contributed by atoms with Crippen LogP contribution in [-0.2, 0) is 19.1 Å². The summed E-state index contributed by atoms with van der Waals surface area (Å²) in [6.45, 7) is 8.50. The highest BCUT2D eigenvalue weighted by atomic mass is 16.5. The van der Waals surface area contributed by atoms with Crippen LogP contribution < -0.4 is 0 Å².